The summed E-state index contributed by atoms with van der Waals surface area (Å²) in [6.07, 6.45) is -2.30. The molecule has 11 heteroatoms. The standard InChI is InChI=1S/C10H14ClF2N3O4S/c1-2-6-9(21(11,18)19)8(16-15-6)10(17)14-3-4-20-5-7(12)13/h7H,2-5H2,1H3,(H,14,17)(H,15,16). The first-order valence-electron chi connectivity index (χ1n) is 5.93. The fourth-order valence-electron chi connectivity index (χ4n) is 1.52. The van der Waals surface area contributed by atoms with Crippen molar-refractivity contribution >= 4 is 25.6 Å². The van der Waals surface area contributed by atoms with E-state index in [0.29, 0.717) is 6.42 Å². The molecule has 0 aliphatic rings. The van der Waals surface area contributed by atoms with Gasteiger partial charge in [0.15, 0.2) is 5.69 Å². The summed E-state index contributed by atoms with van der Waals surface area (Å²) in [6.45, 7) is 0.726. The first-order chi connectivity index (χ1) is 9.77. The van der Waals surface area contributed by atoms with E-state index < -0.39 is 28.0 Å². The second-order valence-corrected chi connectivity index (χ2v) is 6.40. The normalized spacial score (nSPS) is 11.9. The summed E-state index contributed by atoms with van der Waals surface area (Å²) in [5.41, 5.74) is -0.153. The van der Waals surface area contributed by atoms with Gasteiger partial charge < -0.3 is 10.1 Å². The van der Waals surface area contributed by atoms with Gasteiger partial charge in [-0.2, -0.15) is 5.10 Å². The molecular formula is C10H14ClF2N3O4S. The van der Waals surface area contributed by atoms with Crippen LogP contribution in [-0.2, 0) is 20.2 Å². The third-order valence-corrected chi connectivity index (χ3v) is 3.77. The summed E-state index contributed by atoms with van der Waals surface area (Å²) >= 11 is 0. The van der Waals surface area contributed by atoms with Gasteiger partial charge in [-0.25, -0.2) is 17.2 Å². The van der Waals surface area contributed by atoms with Crippen LogP contribution < -0.4 is 5.32 Å². The highest BCUT2D eigenvalue weighted by Gasteiger charge is 2.27. The highest BCUT2D eigenvalue weighted by molar-refractivity contribution is 8.13. The molecule has 1 heterocycles. The number of hydrogen-bond acceptors (Lipinski definition) is 5. The van der Waals surface area contributed by atoms with Crippen molar-refractivity contribution in [3.05, 3.63) is 11.4 Å². The van der Waals surface area contributed by atoms with Crippen LogP contribution in [0.3, 0.4) is 0 Å². The number of ether oxygens (including phenoxy) is 1. The van der Waals surface area contributed by atoms with Gasteiger partial charge in [0.1, 0.15) is 11.5 Å². The Kier molecular flexibility index (Phi) is 6.49. The van der Waals surface area contributed by atoms with Crippen molar-refractivity contribution in [1.29, 1.82) is 0 Å². The molecule has 21 heavy (non-hydrogen) atoms. The minimum Gasteiger partial charge on any atom is -0.374 e. The molecular weight excluding hydrogens is 332 g/mol. The van der Waals surface area contributed by atoms with Gasteiger partial charge in [-0.3, -0.25) is 9.89 Å². The summed E-state index contributed by atoms with van der Waals surface area (Å²) in [4.78, 5) is 11.4. The van der Waals surface area contributed by atoms with E-state index in [1.54, 1.807) is 6.92 Å². The molecule has 0 bridgehead atoms. The molecule has 7 nitrogen and oxygen atoms in total. The van der Waals surface area contributed by atoms with Crippen LogP contribution in [0.2, 0.25) is 0 Å². The lowest BCUT2D eigenvalue weighted by molar-refractivity contribution is 0.0188. The van der Waals surface area contributed by atoms with Gasteiger partial charge in [-0.1, -0.05) is 6.92 Å². The number of carbonyl (C=O) groups excluding carboxylic acids is 1. The number of H-pyrrole nitrogens is 1. The van der Waals surface area contributed by atoms with Crippen molar-refractivity contribution in [2.45, 2.75) is 24.7 Å². The average Bonchev–Trinajstić information content (AvgIpc) is 2.81. The Morgan fingerprint density at radius 3 is 2.71 bits per heavy atom. The molecule has 0 saturated heterocycles. The van der Waals surface area contributed by atoms with Crippen molar-refractivity contribution in [2.75, 3.05) is 19.8 Å². The minimum atomic E-state index is -4.14. The summed E-state index contributed by atoms with van der Waals surface area (Å²) in [5, 5.41) is 8.35. The van der Waals surface area contributed by atoms with Crippen molar-refractivity contribution in [2.24, 2.45) is 0 Å². The SMILES string of the molecule is CCc1[nH]nc(C(=O)NCCOCC(F)F)c1S(=O)(=O)Cl. The van der Waals surface area contributed by atoms with Crippen LogP contribution in [0.5, 0.6) is 0 Å². The first kappa shape index (κ1) is 17.8. The fraction of sp³-hybridized carbons (Fsp3) is 0.600. The molecule has 0 aliphatic carbocycles. The Hall–Kier alpha value is -1.26. The van der Waals surface area contributed by atoms with Crippen LogP contribution in [0, 0.1) is 0 Å². The zero-order valence-corrected chi connectivity index (χ0v) is 12.6. The van der Waals surface area contributed by atoms with Gasteiger partial charge in [-0.05, 0) is 6.42 Å². The largest absolute Gasteiger partial charge is 0.374 e. The molecule has 0 aliphatic heterocycles. The molecule has 0 aromatic carbocycles. The second-order valence-electron chi connectivity index (χ2n) is 3.89. The number of hydrogen-bond donors (Lipinski definition) is 2. The lowest BCUT2D eigenvalue weighted by Gasteiger charge is -2.05. The second kappa shape index (κ2) is 7.66. The first-order valence-corrected chi connectivity index (χ1v) is 8.24. The van der Waals surface area contributed by atoms with Gasteiger partial charge in [-0.15, -0.1) is 0 Å². The van der Waals surface area contributed by atoms with E-state index in [0.717, 1.165) is 0 Å². The zero-order valence-electron chi connectivity index (χ0n) is 11.0. The molecule has 2 N–H and O–H groups in total. The number of aryl methyl sites for hydroxylation is 1. The quantitative estimate of drug-likeness (QED) is 0.538. The zero-order chi connectivity index (χ0) is 16.0. The van der Waals surface area contributed by atoms with E-state index in [4.69, 9.17) is 10.7 Å². The minimum absolute atomic E-state index is 0.0678. The van der Waals surface area contributed by atoms with Gasteiger partial charge in [0, 0.05) is 17.2 Å². The van der Waals surface area contributed by atoms with E-state index in [1.807, 2.05) is 0 Å². The number of aromatic amines is 1. The number of nitrogens with one attached hydrogen (secondary N) is 2. The number of aromatic nitrogens is 2. The van der Waals surface area contributed by atoms with Crippen molar-refractivity contribution in [3.63, 3.8) is 0 Å². The number of halogens is 3. The lowest BCUT2D eigenvalue weighted by atomic mass is 10.3. The van der Waals surface area contributed by atoms with Crippen molar-refractivity contribution in [3.8, 4) is 0 Å². The number of carbonyl (C=O) groups is 1. The molecule has 0 atom stereocenters. The van der Waals surface area contributed by atoms with Gasteiger partial charge in [0.2, 0.25) is 0 Å². The van der Waals surface area contributed by atoms with E-state index in [-0.39, 0.29) is 29.4 Å². The molecule has 0 saturated carbocycles. The summed E-state index contributed by atoms with van der Waals surface area (Å²) in [6, 6.07) is 0. The predicted octanol–water partition coefficient (Wildman–Crippen LogP) is 0.911. The van der Waals surface area contributed by atoms with Crippen LogP contribution in [0.15, 0.2) is 4.90 Å². The molecule has 0 radical (unpaired) electrons. The molecule has 1 aromatic rings. The molecule has 0 unspecified atom stereocenters. The van der Waals surface area contributed by atoms with Crippen LogP contribution in [0.1, 0.15) is 23.1 Å². The summed E-state index contributed by atoms with van der Waals surface area (Å²) < 4.78 is 51.1. The van der Waals surface area contributed by atoms with Crippen LogP contribution in [0.4, 0.5) is 8.78 Å². The molecule has 1 aromatic heterocycles. The Morgan fingerprint density at radius 1 is 1.52 bits per heavy atom. The molecule has 1 rings (SSSR count). The summed E-state index contributed by atoms with van der Waals surface area (Å²) in [7, 11) is 1.14. The van der Waals surface area contributed by atoms with Crippen LogP contribution >= 0.6 is 10.7 Å². The van der Waals surface area contributed by atoms with E-state index in [1.165, 1.54) is 0 Å². The fourth-order valence-corrected chi connectivity index (χ4v) is 2.87. The van der Waals surface area contributed by atoms with Crippen LogP contribution in [-0.4, -0.2) is 50.7 Å². The van der Waals surface area contributed by atoms with Gasteiger partial charge in [0.05, 0.1) is 12.3 Å². The summed E-state index contributed by atoms with van der Waals surface area (Å²) in [5.74, 6) is -0.786. The lowest BCUT2D eigenvalue weighted by Crippen LogP contribution is -2.29. The third-order valence-electron chi connectivity index (χ3n) is 2.38. The molecule has 120 valence electrons. The van der Waals surface area contributed by atoms with E-state index >= 15 is 0 Å². The van der Waals surface area contributed by atoms with E-state index in [9.17, 15) is 22.0 Å². The molecule has 1 amide bonds. The van der Waals surface area contributed by atoms with Crippen molar-refractivity contribution < 1.29 is 26.7 Å². The molecule has 0 fully saturated rings. The van der Waals surface area contributed by atoms with Gasteiger partial charge in [0.25, 0.3) is 21.4 Å². The average molecular weight is 346 g/mol. The maximum atomic E-state index is 11.8. The van der Waals surface area contributed by atoms with Crippen molar-refractivity contribution in [1.82, 2.24) is 15.5 Å². The Labute approximate surface area is 124 Å². The Morgan fingerprint density at radius 2 is 2.19 bits per heavy atom. The Bertz CT molecular complexity index is 591. The number of rotatable bonds is 8. The van der Waals surface area contributed by atoms with Gasteiger partial charge >= 0.3 is 0 Å². The Balaban J connectivity index is 2.69. The smallest absolute Gasteiger partial charge is 0.273 e. The molecule has 0 spiro atoms. The number of nitrogens with zero attached hydrogens (tertiary/aromatic N) is 1. The highest BCUT2D eigenvalue weighted by atomic mass is 35.7. The number of alkyl halides is 2. The topological polar surface area (TPSA) is 101 Å². The van der Waals surface area contributed by atoms with E-state index in [2.05, 4.69) is 20.3 Å². The third kappa shape index (κ3) is 5.21. The maximum absolute atomic E-state index is 11.8. The number of amides is 1. The highest BCUT2D eigenvalue weighted by Crippen LogP contribution is 2.22. The maximum Gasteiger partial charge on any atom is 0.273 e. The predicted molar refractivity (Wildman–Crippen MR) is 70.2 cm³/mol. The van der Waals surface area contributed by atoms with Crippen LogP contribution in [0.25, 0.3) is 0 Å². The monoisotopic (exact) mass is 345 g/mol.